The second kappa shape index (κ2) is 4.90. The second-order valence-corrected chi connectivity index (χ2v) is 7.13. The van der Waals surface area contributed by atoms with Gasteiger partial charge in [0, 0.05) is 11.1 Å². The van der Waals surface area contributed by atoms with Crippen LogP contribution in [-0.2, 0) is 14.6 Å². The third-order valence-electron chi connectivity index (χ3n) is 2.88. The first kappa shape index (κ1) is 13.4. The largest absolute Gasteiger partial charge is 0.352 e. The molecular formula is C12H14ClNO3S. The van der Waals surface area contributed by atoms with Crippen molar-refractivity contribution < 1.29 is 13.2 Å². The summed E-state index contributed by atoms with van der Waals surface area (Å²) in [5, 5.41) is 1.93. The smallest absolute Gasteiger partial charge is 0.238 e. The summed E-state index contributed by atoms with van der Waals surface area (Å²) in [6.45, 7) is 1.40. The molecule has 98 valence electrons. The van der Waals surface area contributed by atoms with Crippen molar-refractivity contribution in [3.8, 4) is 0 Å². The van der Waals surface area contributed by atoms with Crippen molar-refractivity contribution >= 4 is 27.3 Å². The Hall–Kier alpha value is -1.07. The van der Waals surface area contributed by atoms with Gasteiger partial charge >= 0.3 is 0 Å². The highest BCUT2D eigenvalue weighted by atomic mass is 35.5. The Balaban J connectivity index is 2.21. The molecule has 1 aromatic rings. The van der Waals surface area contributed by atoms with Crippen LogP contribution in [0.3, 0.4) is 0 Å². The molecule has 6 heteroatoms. The van der Waals surface area contributed by atoms with Gasteiger partial charge < -0.3 is 5.32 Å². The highest BCUT2D eigenvalue weighted by Gasteiger charge is 2.33. The van der Waals surface area contributed by atoms with Crippen LogP contribution >= 0.6 is 11.6 Å². The zero-order chi connectivity index (χ0) is 13.3. The number of amides is 1. The predicted octanol–water partition coefficient (Wildman–Crippen LogP) is 1.78. The van der Waals surface area contributed by atoms with Crippen LogP contribution in [0.2, 0.25) is 5.02 Å². The lowest BCUT2D eigenvalue weighted by atomic mass is 10.4. The van der Waals surface area contributed by atoms with E-state index in [2.05, 4.69) is 5.32 Å². The van der Waals surface area contributed by atoms with E-state index in [9.17, 15) is 13.2 Å². The van der Waals surface area contributed by atoms with E-state index >= 15 is 0 Å². The molecule has 2 rings (SSSR count). The molecule has 1 aromatic carbocycles. The van der Waals surface area contributed by atoms with Crippen molar-refractivity contribution in [1.82, 2.24) is 5.32 Å². The lowest BCUT2D eigenvalue weighted by Crippen LogP contribution is -2.39. The minimum absolute atomic E-state index is 0.0773. The molecule has 1 N–H and O–H groups in total. The van der Waals surface area contributed by atoms with Crippen molar-refractivity contribution in [2.45, 2.75) is 36.0 Å². The Morgan fingerprint density at radius 3 is 2.67 bits per heavy atom. The van der Waals surface area contributed by atoms with Crippen LogP contribution in [0.1, 0.15) is 19.8 Å². The number of carbonyl (C=O) groups is 1. The lowest BCUT2D eigenvalue weighted by Gasteiger charge is -2.13. The van der Waals surface area contributed by atoms with Crippen LogP contribution in [0.4, 0.5) is 0 Å². The number of benzene rings is 1. The minimum atomic E-state index is -3.68. The van der Waals surface area contributed by atoms with Gasteiger partial charge in [0.05, 0.1) is 4.90 Å². The van der Waals surface area contributed by atoms with Crippen molar-refractivity contribution in [2.24, 2.45) is 0 Å². The standard InChI is InChI=1S/C12H14ClNO3S/c1-8(12(15)14-10-5-6-10)18(16,17)11-4-2-3-9(13)7-11/h2-4,7-8,10H,5-6H2,1H3,(H,14,15)/t8-/m0/s1. The van der Waals surface area contributed by atoms with Crippen molar-refractivity contribution in [3.05, 3.63) is 29.3 Å². The molecule has 0 aliphatic heterocycles. The molecule has 1 atom stereocenters. The fourth-order valence-electron chi connectivity index (χ4n) is 1.54. The zero-order valence-electron chi connectivity index (χ0n) is 9.89. The Bertz CT molecular complexity index is 566. The summed E-state index contributed by atoms with van der Waals surface area (Å²) in [5.74, 6) is -0.447. The Morgan fingerprint density at radius 2 is 2.11 bits per heavy atom. The van der Waals surface area contributed by atoms with Crippen LogP contribution in [0.25, 0.3) is 0 Å². The van der Waals surface area contributed by atoms with Gasteiger partial charge in [-0.15, -0.1) is 0 Å². The summed E-state index contributed by atoms with van der Waals surface area (Å²) < 4.78 is 24.4. The maximum atomic E-state index is 12.2. The van der Waals surface area contributed by atoms with Crippen LogP contribution in [0.15, 0.2) is 29.2 Å². The van der Waals surface area contributed by atoms with Crippen LogP contribution in [-0.4, -0.2) is 25.6 Å². The molecule has 4 nitrogen and oxygen atoms in total. The Kier molecular flexibility index (Phi) is 3.64. The Labute approximate surface area is 111 Å². The molecule has 0 spiro atoms. The first-order valence-electron chi connectivity index (χ1n) is 5.71. The van der Waals surface area contributed by atoms with Gasteiger partial charge in [-0.2, -0.15) is 0 Å². The molecule has 0 unspecified atom stereocenters. The molecule has 0 saturated heterocycles. The highest BCUT2D eigenvalue weighted by molar-refractivity contribution is 7.92. The number of nitrogens with one attached hydrogen (secondary N) is 1. The van der Waals surface area contributed by atoms with Gasteiger partial charge in [0.15, 0.2) is 9.84 Å². The van der Waals surface area contributed by atoms with E-state index < -0.39 is 21.0 Å². The number of rotatable bonds is 4. The van der Waals surface area contributed by atoms with Crippen LogP contribution in [0.5, 0.6) is 0 Å². The van der Waals surface area contributed by atoms with E-state index in [0.29, 0.717) is 5.02 Å². The van der Waals surface area contributed by atoms with E-state index in [0.717, 1.165) is 12.8 Å². The lowest BCUT2D eigenvalue weighted by molar-refractivity contribution is -0.120. The first-order chi connectivity index (χ1) is 8.41. The summed E-state index contributed by atoms with van der Waals surface area (Å²) in [6, 6.07) is 6.10. The van der Waals surface area contributed by atoms with Crippen LogP contribution in [0, 0.1) is 0 Å². The first-order valence-corrected chi connectivity index (χ1v) is 7.63. The monoisotopic (exact) mass is 287 g/mol. The summed E-state index contributed by atoms with van der Waals surface area (Å²) in [5.41, 5.74) is 0. The molecule has 1 aliphatic carbocycles. The third-order valence-corrected chi connectivity index (χ3v) is 5.17. The molecule has 18 heavy (non-hydrogen) atoms. The fourth-order valence-corrected chi connectivity index (χ4v) is 3.11. The summed E-state index contributed by atoms with van der Waals surface area (Å²) in [7, 11) is -3.68. The number of carbonyl (C=O) groups excluding carboxylic acids is 1. The van der Waals surface area contributed by atoms with E-state index in [-0.39, 0.29) is 10.9 Å². The van der Waals surface area contributed by atoms with Gasteiger partial charge in [0.2, 0.25) is 5.91 Å². The molecule has 0 heterocycles. The van der Waals surface area contributed by atoms with Crippen LogP contribution < -0.4 is 5.32 Å². The van der Waals surface area contributed by atoms with Gasteiger partial charge in [0.25, 0.3) is 0 Å². The Morgan fingerprint density at radius 1 is 1.44 bits per heavy atom. The summed E-state index contributed by atoms with van der Waals surface area (Å²) in [6.07, 6.45) is 1.85. The topological polar surface area (TPSA) is 63.2 Å². The highest BCUT2D eigenvalue weighted by Crippen LogP contribution is 2.22. The molecule has 0 radical (unpaired) electrons. The zero-order valence-corrected chi connectivity index (χ0v) is 11.5. The SMILES string of the molecule is C[C@@H](C(=O)NC1CC1)S(=O)(=O)c1cccc(Cl)c1. The molecule has 1 saturated carbocycles. The quantitative estimate of drug-likeness (QED) is 0.918. The van der Waals surface area contributed by atoms with E-state index in [1.165, 1.54) is 19.1 Å². The van der Waals surface area contributed by atoms with Gasteiger partial charge in [-0.25, -0.2) is 8.42 Å². The second-order valence-electron chi connectivity index (χ2n) is 4.43. The fraction of sp³-hybridized carbons (Fsp3) is 0.417. The molecule has 0 bridgehead atoms. The number of sulfone groups is 1. The van der Waals surface area contributed by atoms with Crippen molar-refractivity contribution in [3.63, 3.8) is 0 Å². The number of halogens is 1. The van der Waals surface area contributed by atoms with Gasteiger partial charge in [-0.3, -0.25) is 4.79 Å². The van der Waals surface area contributed by atoms with Gasteiger partial charge in [-0.1, -0.05) is 17.7 Å². The van der Waals surface area contributed by atoms with E-state index in [1.807, 2.05) is 0 Å². The normalized spacial score (nSPS) is 17.2. The predicted molar refractivity (Wildman–Crippen MR) is 69.3 cm³/mol. The number of hydrogen-bond donors (Lipinski definition) is 1. The van der Waals surface area contributed by atoms with Gasteiger partial charge in [-0.05, 0) is 38.0 Å². The maximum Gasteiger partial charge on any atom is 0.238 e. The molecule has 1 aliphatic rings. The van der Waals surface area contributed by atoms with Gasteiger partial charge in [0.1, 0.15) is 5.25 Å². The molecular weight excluding hydrogens is 274 g/mol. The molecule has 1 amide bonds. The molecule has 0 aromatic heterocycles. The average molecular weight is 288 g/mol. The average Bonchev–Trinajstić information content (AvgIpc) is 3.11. The van der Waals surface area contributed by atoms with Crippen molar-refractivity contribution in [2.75, 3.05) is 0 Å². The molecule has 1 fully saturated rings. The third kappa shape index (κ3) is 2.84. The van der Waals surface area contributed by atoms with E-state index in [4.69, 9.17) is 11.6 Å². The minimum Gasteiger partial charge on any atom is -0.352 e. The van der Waals surface area contributed by atoms with Crippen molar-refractivity contribution in [1.29, 1.82) is 0 Å². The summed E-state index contributed by atoms with van der Waals surface area (Å²) >= 11 is 5.76. The maximum absolute atomic E-state index is 12.2. The van der Waals surface area contributed by atoms with E-state index in [1.54, 1.807) is 12.1 Å². The number of hydrogen-bond acceptors (Lipinski definition) is 3. The summed E-state index contributed by atoms with van der Waals surface area (Å²) in [4.78, 5) is 11.9.